The number of ketones is 1. The molecule has 3 aromatic rings. The molecule has 0 atom stereocenters. The Kier molecular flexibility index (Phi) is 4.95. The zero-order chi connectivity index (χ0) is 17.8. The monoisotopic (exact) mass is 353 g/mol. The number of hydrogen-bond acceptors (Lipinski definition) is 3. The molecule has 0 radical (unpaired) electrons. The molecular weight excluding hydrogens is 338 g/mol. The summed E-state index contributed by atoms with van der Waals surface area (Å²) in [6.07, 6.45) is 1.81. The molecule has 6 heteroatoms. The van der Waals surface area contributed by atoms with Crippen LogP contribution in [0, 0.1) is 0 Å². The van der Waals surface area contributed by atoms with E-state index in [1.54, 1.807) is 59.4 Å². The van der Waals surface area contributed by atoms with Crippen molar-refractivity contribution in [2.75, 3.05) is 0 Å². The molecule has 1 heterocycles. The summed E-state index contributed by atoms with van der Waals surface area (Å²) in [5.74, 6) is -0.538. The maximum absolute atomic E-state index is 12.7. The van der Waals surface area contributed by atoms with Gasteiger partial charge >= 0.3 is 0 Å². The molecule has 0 fully saturated rings. The van der Waals surface area contributed by atoms with E-state index in [-0.39, 0.29) is 11.7 Å². The second-order valence-electron chi connectivity index (χ2n) is 5.55. The van der Waals surface area contributed by atoms with E-state index in [1.807, 2.05) is 13.1 Å². The van der Waals surface area contributed by atoms with Crippen LogP contribution >= 0.6 is 11.6 Å². The lowest BCUT2D eigenvalue weighted by atomic mass is 9.98. The van der Waals surface area contributed by atoms with Crippen LogP contribution in [-0.2, 0) is 13.6 Å². The van der Waals surface area contributed by atoms with Crippen LogP contribution in [0.5, 0.6) is 0 Å². The molecule has 0 aliphatic carbocycles. The number of nitrogens with zero attached hydrogens (tertiary/aromatic N) is 2. The summed E-state index contributed by atoms with van der Waals surface area (Å²) < 4.78 is 1.67. The Morgan fingerprint density at radius 3 is 2.36 bits per heavy atom. The predicted molar refractivity (Wildman–Crippen MR) is 95.7 cm³/mol. The number of amides is 1. The van der Waals surface area contributed by atoms with Crippen molar-refractivity contribution < 1.29 is 9.59 Å². The van der Waals surface area contributed by atoms with Crippen LogP contribution in [0.1, 0.15) is 32.0 Å². The van der Waals surface area contributed by atoms with E-state index in [1.165, 1.54) is 0 Å². The van der Waals surface area contributed by atoms with Gasteiger partial charge in [0, 0.05) is 29.4 Å². The fourth-order valence-electron chi connectivity index (χ4n) is 2.46. The second-order valence-corrected chi connectivity index (χ2v) is 5.98. The Balaban J connectivity index is 1.81. The molecule has 0 aliphatic heterocycles. The summed E-state index contributed by atoms with van der Waals surface area (Å²) in [6, 6.07) is 15.2. The smallest absolute Gasteiger partial charge is 0.252 e. The first-order chi connectivity index (χ1) is 12.0. The molecule has 2 aromatic carbocycles. The highest BCUT2D eigenvalue weighted by Crippen LogP contribution is 2.17. The summed E-state index contributed by atoms with van der Waals surface area (Å²) in [4.78, 5) is 25.2. The van der Waals surface area contributed by atoms with E-state index in [9.17, 15) is 9.59 Å². The van der Waals surface area contributed by atoms with Crippen molar-refractivity contribution in [3.63, 3.8) is 0 Å². The van der Waals surface area contributed by atoms with Gasteiger partial charge in [-0.25, -0.2) is 0 Å². The lowest BCUT2D eigenvalue weighted by Crippen LogP contribution is -2.25. The molecule has 3 rings (SSSR count). The van der Waals surface area contributed by atoms with Gasteiger partial charge in [0.25, 0.3) is 5.91 Å². The van der Waals surface area contributed by atoms with Gasteiger partial charge in [0.2, 0.25) is 0 Å². The number of carbonyl (C=O) groups is 2. The van der Waals surface area contributed by atoms with Crippen LogP contribution in [0.15, 0.2) is 60.8 Å². The Morgan fingerprint density at radius 1 is 1.04 bits per heavy atom. The third-order valence-corrected chi connectivity index (χ3v) is 3.97. The molecule has 1 N–H and O–H groups in total. The van der Waals surface area contributed by atoms with Gasteiger partial charge in [-0.15, -0.1) is 0 Å². The van der Waals surface area contributed by atoms with Gasteiger partial charge in [-0.2, -0.15) is 5.10 Å². The molecule has 1 amide bonds. The number of aromatic nitrogens is 2. The van der Waals surface area contributed by atoms with Crippen molar-refractivity contribution in [3.8, 4) is 0 Å². The first kappa shape index (κ1) is 16.9. The van der Waals surface area contributed by atoms with Gasteiger partial charge in [-0.1, -0.05) is 29.8 Å². The number of nitrogens with one attached hydrogen (secondary N) is 1. The van der Waals surface area contributed by atoms with Crippen molar-refractivity contribution in [1.29, 1.82) is 0 Å². The molecule has 0 aliphatic rings. The van der Waals surface area contributed by atoms with Crippen molar-refractivity contribution in [2.24, 2.45) is 7.05 Å². The van der Waals surface area contributed by atoms with Gasteiger partial charge in [0.1, 0.15) is 0 Å². The van der Waals surface area contributed by atoms with Crippen LogP contribution in [0.3, 0.4) is 0 Å². The largest absolute Gasteiger partial charge is 0.346 e. The fourth-order valence-corrected chi connectivity index (χ4v) is 2.59. The highest BCUT2D eigenvalue weighted by Gasteiger charge is 2.18. The number of hydrogen-bond donors (Lipinski definition) is 1. The maximum atomic E-state index is 12.7. The fraction of sp³-hybridized carbons (Fsp3) is 0.105. The number of rotatable bonds is 5. The van der Waals surface area contributed by atoms with Crippen molar-refractivity contribution in [3.05, 3.63) is 88.2 Å². The molecule has 0 bridgehead atoms. The van der Waals surface area contributed by atoms with Crippen LogP contribution in [0.4, 0.5) is 0 Å². The summed E-state index contributed by atoms with van der Waals surface area (Å²) in [5.41, 5.74) is 1.91. The summed E-state index contributed by atoms with van der Waals surface area (Å²) in [7, 11) is 1.81. The second kappa shape index (κ2) is 7.32. The molecule has 0 saturated heterocycles. The van der Waals surface area contributed by atoms with Crippen molar-refractivity contribution >= 4 is 23.3 Å². The van der Waals surface area contributed by atoms with Crippen LogP contribution < -0.4 is 5.32 Å². The molecule has 5 nitrogen and oxygen atoms in total. The highest BCUT2D eigenvalue weighted by molar-refractivity contribution is 6.30. The minimum Gasteiger partial charge on any atom is -0.346 e. The zero-order valence-corrected chi connectivity index (χ0v) is 14.3. The van der Waals surface area contributed by atoms with Crippen LogP contribution in [-0.4, -0.2) is 21.5 Å². The number of benzene rings is 2. The predicted octanol–water partition coefficient (Wildman–Crippen LogP) is 3.23. The molecular formula is C19H16ClN3O2. The normalized spacial score (nSPS) is 10.5. The molecule has 0 spiro atoms. The Bertz CT molecular complexity index is 916. The Labute approximate surface area is 150 Å². The number of halogens is 1. The number of aryl methyl sites for hydroxylation is 1. The van der Waals surface area contributed by atoms with Crippen molar-refractivity contribution in [1.82, 2.24) is 15.1 Å². The minimum absolute atomic E-state index is 0.222. The van der Waals surface area contributed by atoms with Gasteiger partial charge < -0.3 is 5.32 Å². The molecule has 25 heavy (non-hydrogen) atoms. The standard InChI is InChI=1S/C19H16ClN3O2/c1-23-11-10-15(22-23)12-21-19(25)17-5-3-2-4-16(17)18(24)13-6-8-14(20)9-7-13/h2-11H,12H2,1H3,(H,21,25). The summed E-state index contributed by atoms with van der Waals surface area (Å²) >= 11 is 5.86. The molecule has 1 aromatic heterocycles. The third kappa shape index (κ3) is 3.95. The summed E-state index contributed by atoms with van der Waals surface area (Å²) in [5, 5.41) is 7.56. The minimum atomic E-state index is -0.316. The average Bonchev–Trinajstić information content (AvgIpc) is 3.05. The van der Waals surface area contributed by atoms with E-state index >= 15 is 0 Å². The van der Waals surface area contributed by atoms with E-state index in [0.717, 1.165) is 5.69 Å². The maximum Gasteiger partial charge on any atom is 0.252 e. The SMILES string of the molecule is Cn1ccc(CNC(=O)c2ccccc2C(=O)c2ccc(Cl)cc2)n1. The quantitative estimate of drug-likeness (QED) is 0.716. The Morgan fingerprint density at radius 2 is 1.72 bits per heavy atom. The first-order valence-corrected chi connectivity index (χ1v) is 8.08. The van der Waals surface area contributed by atoms with E-state index < -0.39 is 0 Å². The van der Waals surface area contributed by atoms with Gasteiger partial charge in [0.15, 0.2) is 5.78 Å². The lowest BCUT2D eigenvalue weighted by molar-refractivity contribution is 0.0939. The van der Waals surface area contributed by atoms with Crippen molar-refractivity contribution in [2.45, 2.75) is 6.54 Å². The first-order valence-electron chi connectivity index (χ1n) is 7.70. The zero-order valence-electron chi connectivity index (χ0n) is 13.6. The van der Waals surface area contributed by atoms with Crippen LogP contribution in [0.25, 0.3) is 0 Å². The van der Waals surface area contributed by atoms with Gasteiger partial charge in [-0.05, 0) is 36.4 Å². The van der Waals surface area contributed by atoms with Gasteiger partial charge in [-0.3, -0.25) is 14.3 Å². The van der Waals surface area contributed by atoms with E-state index in [2.05, 4.69) is 10.4 Å². The molecule has 0 saturated carbocycles. The lowest BCUT2D eigenvalue weighted by Gasteiger charge is -2.09. The molecule has 0 unspecified atom stereocenters. The molecule has 126 valence electrons. The highest BCUT2D eigenvalue weighted by atomic mass is 35.5. The average molecular weight is 354 g/mol. The third-order valence-electron chi connectivity index (χ3n) is 3.72. The van der Waals surface area contributed by atoms with E-state index in [0.29, 0.717) is 28.3 Å². The summed E-state index contributed by atoms with van der Waals surface area (Å²) in [6.45, 7) is 0.295. The number of carbonyl (C=O) groups excluding carboxylic acids is 2. The van der Waals surface area contributed by atoms with E-state index in [4.69, 9.17) is 11.6 Å². The Hall–Kier alpha value is -2.92. The van der Waals surface area contributed by atoms with Gasteiger partial charge in [0.05, 0.1) is 17.8 Å². The topological polar surface area (TPSA) is 64.0 Å². The van der Waals surface area contributed by atoms with Crippen LogP contribution in [0.2, 0.25) is 5.02 Å².